The van der Waals surface area contributed by atoms with Gasteiger partial charge < -0.3 is 9.84 Å². The van der Waals surface area contributed by atoms with Gasteiger partial charge in [0, 0.05) is 23.7 Å². The molecule has 1 atom stereocenters. The molecule has 0 radical (unpaired) electrons. The van der Waals surface area contributed by atoms with E-state index < -0.39 is 38.2 Å². The number of hydrogen-bond acceptors (Lipinski definition) is 7. The fourth-order valence-electron chi connectivity index (χ4n) is 4.61. The number of hydrogen-bond donors (Lipinski definition) is 1. The molecule has 0 aliphatic carbocycles. The van der Waals surface area contributed by atoms with Crippen LogP contribution >= 0.6 is 0 Å². The number of benzene rings is 2. The molecule has 8 nitrogen and oxygen atoms in total. The van der Waals surface area contributed by atoms with E-state index in [1.165, 1.54) is 42.1 Å². The van der Waals surface area contributed by atoms with Gasteiger partial charge in [-0.05, 0) is 55.7 Å². The van der Waals surface area contributed by atoms with Crippen molar-refractivity contribution in [2.75, 3.05) is 7.11 Å². The molecule has 0 bridgehead atoms. The highest BCUT2D eigenvalue weighted by atomic mass is 32.2. The van der Waals surface area contributed by atoms with Crippen molar-refractivity contribution < 1.29 is 22.7 Å². The molecule has 204 valence electrons. The van der Waals surface area contributed by atoms with E-state index in [9.17, 15) is 22.7 Å². The zero-order chi connectivity index (χ0) is 28.3. The minimum atomic E-state index is -4.47. The first-order chi connectivity index (χ1) is 18.6. The van der Waals surface area contributed by atoms with Crippen molar-refractivity contribution in [3.63, 3.8) is 0 Å². The maximum atomic E-state index is 13.9. The number of nitrogens with zero attached hydrogens (tertiary/aromatic N) is 3. The Labute approximate surface area is 226 Å². The normalized spacial score (nSPS) is 12.3. The molecule has 0 fully saturated rings. The number of pyridine rings is 1. The fourth-order valence-corrected chi connectivity index (χ4v) is 5.95. The quantitative estimate of drug-likeness (QED) is 0.283. The molecule has 4 aromatic rings. The van der Waals surface area contributed by atoms with Crippen LogP contribution in [0.2, 0.25) is 0 Å². The number of ether oxygens (including phenoxy) is 1. The Balaban J connectivity index is 1.86. The summed E-state index contributed by atoms with van der Waals surface area (Å²) in [5.41, 5.74) is 1.12. The van der Waals surface area contributed by atoms with Gasteiger partial charge in [0.25, 0.3) is 5.56 Å². The highest BCUT2D eigenvalue weighted by Gasteiger charge is 2.31. The Morgan fingerprint density at radius 1 is 1.10 bits per heavy atom. The summed E-state index contributed by atoms with van der Waals surface area (Å²) in [6.07, 6.45) is 3.20. The van der Waals surface area contributed by atoms with Crippen molar-refractivity contribution in [1.82, 2.24) is 14.5 Å². The summed E-state index contributed by atoms with van der Waals surface area (Å²) in [6, 6.07) is 13.9. The second kappa shape index (κ2) is 11.4. The minimum absolute atomic E-state index is 0.203. The average molecular weight is 552 g/mol. The molecule has 2 aromatic heterocycles. The number of aryl methyl sites for hydroxylation is 1. The molecule has 0 spiro atoms. The molecular formula is C29H30FN3O5S. The van der Waals surface area contributed by atoms with Crippen LogP contribution in [-0.2, 0) is 16.3 Å². The number of aromatic hydroxyl groups is 1. The summed E-state index contributed by atoms with van der Waals surface area (Å²) >= 11 is 0. The van der Waals surface area contributed by atoms with E-state index in [-0.39, 0.29) is 10.7 Å². The van der Waals surface area contributed by atoms with Crippen molar-refractivity contribution in [3.8, 4) is 22.8 Å². The summed E-state index contributed by atoms with van der Waals surface area (Å²) in [7, 11) is -2.95. The van der Waals surface area contributed by atoms with Gasteiger partial charge in [-0.3, -0.25) is 9.36 Å². The van der Waals surface area contributed by atoms with Gasteiger partial charge in [0.1, 0.15) is 11.6 Å². The zero-order valence-corrected chi connectivity index (χ0v) is 23.0. The van der Waals surface area contributed by atoms with Crippen LogP contribution in [0.3, 0.4) is 0 Å². The van der Waals surface area contributed by atoms with Crippen LogP contribution in [0.1, 0.15) is 49.7 Å². The van der Waals surface area contributed by atoms with E-state index in [4.69, 9.17) is 4.74 Å². The number of para-hydroxylation sites is 1. The number of unbranched alkanes of at least 4 members (excludes halogenated alkanes) is 1. The summed E-state index contributed by atoms with van der Waals surface area (Å²) in [4.78, 5) is 19.9. The van der Waals surface area contributed by atoms with Crippen LogP contribution in [0.25, 0.3) is 11.1 Å². The predicted molar refractivity (Wildman–Crippen MR) is 145 cm³/mol. The van der Waals surface area contributed by atoms with Gasteiger partial charge in [0.05, 0.1) is 18.0 Å². The Hall–Kier alpha value is -4.05. The van der Waals surface area contributed by atoms with E-state index in [0.717, 1.165) is 6.42 Å². The first kappa shape index (κ1) is 28.0. The van der Waals surface area contributed by atoms with E-state index in [0.29, 0.717) is 40.8 Å². The monoisotopic (exact) mass is 551 g/mol. The van der Waals surface area contributed by atoms with Gasteiger partial charge in [-0.2, -0.15) is 9.37 Å². The van der Waals surface area contributed by atoms with Crippen molar-refractivity contribution in [1.29, 1.82) is 0 Å². The van der Waals surface area contributed by atoms with Crippen LogP contribution in [0.15, 0.2) is 75.4 Å². The predicted octanol–water partition coefficient (Wildman–Crippen LogP) is 5.25. The molecular weight excluding hydrogens is 521 g/mol. The van der Waals surface area contributed by atoms with Gasteiger partial charge in [-0.1, -0.05) is 43.7 Å². The third-order valence-corrected chi connectivity index (χ3v) is 8.54. The number of methoxy groups -OCH3 is 1. The van der Waals surface area contributed by atoms with E-state index in [1.54, 1.807) is 32.0 Å². The second-order valence-electron chi connectivity index (χ2n) is 9.18. The lowest BCUT2D eigenvalue weighted by Gasteiger charge is -2.24. The molecule has 1 N–H and O–H groups in total. The Kier molecular flexibility index (Phi) is 8.15. The van der Waals surface area contributed by atoms with Gasteiger partial charge >= 0.3 is 0 Å². The minimum Gasteiger partial charge on any atom is -0.496 e. The number of halogens is 1. The molecule has 0 aliphatic heterocycles. The average Bonchev–Trinajstić information content (AvgIpc) is 2.92. The molecule has 4 rings (SSSR count). The highest BCUT2D eigenvalue weighted by Crippen LogP contribution is 2.35. The Morgan fingerprint density at radius 3 is 2.46 bits per heavy atom. The molecule has 1 unspecified atom stereocenters. The summed E-state index contributed by atoms with van der Waals surface area (Å²) in [6.45, 7) is 5.34. The number of aromatic nitrogens is 3. The first-order valence-electron chi connectivity index (χ1n) is 12.6. The molecule has 0 saturated heterocycles. The number of rotatable bonds is 9. The van der Waals surface area contributed by atoms with Gasteiger partial charge in [-0.25, -0.2) is 13.4 Å². The van der Waals surface area contributed by atoms with Crippen molar-refractivity contribution in [2.45, 2.75) is 55.9 Å². The Morgan fingerprint density at radius 2 is 1.79 bits per heavy atom. The van der Waals surface area contributed by atoms with Crippen LogP contribution in [0.4, 0.5) is 4.39 Å². The van der Waals surface area contributed by atoms with Gasteiger partial charge in [0.15, 0.2) is 4.90 Å². The van der Waals surface area contributed by atoms with Crippen molar-refractivity contribution in [3.05, 3.63) is 94.0 Å². The smallest absolute Gasteiger partial charge is 0.296 e. The van der Waals surface area contributed by atoms with Crippen LogP contribution in [0.5, 0.6) is 11.6 Å². The topological polar surface area (TPSA) is 111 Å². The van der Waals surface area contributed by atoms with Crippen LogP contribution in [-0.4, -0.2) is 35.2 Å². The lowest BCUT2D eigenvalue weighted by Crippen LogP contribution is -2.27. The van der Waals surface area contributed by atoms with E-state index in [1.807, 2.05) is 19.1 Å². The zero-order valence-electron chi connectivity index (χ0n) is 22.2. The van der Waals surface area contributed by atoms with Crippen LogP contribution < -0.4 is 10.3 Å². The van der Waals surface area contributed by atoms with E-state index in [2.05, 4.69) is 9.97 Å². The summed E-state index contributed by atoms with van der Waals surface area (Å²) < 4.78 is 48.2. The third kappa shape index (κ3) is 5.29. The lowest BCUT2D eigenvalue weighted by atomic mass is 10.0. The fraction of sp³-hybridized carbons (Fsp3) is 0.276. The summed E-state index contributed by atoms with van der Waals surface area (Å²) in [5, 5.41) is 11.4. The van der Waals surface area contributed by atoms with Gasteiger partial charge in [-0.15, -0.1) is 0 Å². The Bertz CT molecular complexity index is 1670. The maximum Gasteiger partial charge on any atom is 0.296 e. The molecule has 0 aliphatic rings. The lowest BCUT2D eigenvalue weighted by molar-refractivity contribution is 0.360. The highest BCUT2D eigenvalue weighted by molar-refractivity contribution is 7.91. The molecule has 2 aromatic carbocycles. The molecule has 0 saturated carbocycles. The van der Waals surface area contributed by atoms with E-state index >= 15 is 0 Å². The summed E-state index contributed by atoms with van der Waals surface area (Å²) in [5.74, 6) is -0.474. The third-order valence-electron chi connectivity index (χ3n) is 6.75. The largest absolute Gasteiger partial charge is 0.496 e. The maximum absolute atomic E-state index is 13.9. The first-order valence-corrected chi connectivity index (χ1v) is 14.0. The van der Waals surface area contributed by atoms with Crippen molar-refractivity contribution >= 4 is 9.84 Å². The standard InChI is InChI=1S/C29H30FN3O5S/c1-5-6-11-25-32-28(34)26(29(35)33(25)19(3)23-9-7-8-10-24(23)38-4)39(36,37)21-14-12-20(13-15-21)22-16-17-31-27(30)18(22)2/h7-10,12-17,19,35H,5-6,11H2,1-4H3. The van der Waals surface area contributed by atoms with Crippen molar-refractivity contribution in [2.24, 2.45) is 0 Å². The molecule has 39 heavy (non-hydrogen) atoms. The molecule has 0 amide bonds. The molecule has 10 heteroatoms. The van der Waals surface area contributed by atoms with Crippen LogP contribution in [0, 0.1) is 12.9 Å². The SMILES string of the molecule is CCCCc1nc(=O)c(S(=O)(=O)c2ccc(-c3ccnc(F)c3C)cc2)c(O)n1C(C)c1ccccc1OC. The van der Waals surface area contributed by atoms with Gasteiger partial charge in [0.2, 0.25) is 21.7 Å². The number of sulfone groups is 1. The second-order valence-corrected chi connectivity index (χ2v) is 11.1. The molecule has 2 heterocycles.